The van der Waals surface area contributed by atoms with Gasteiger partial charge < -0.3 is 9.47 Å². The van der Waals surface area contributed by atoms with E-state index < -0.39 is 21.5 Å². The van der Waals surface area contributed by atoms with Crippen molar-refractivity contribution in [2.75, 3.05) is 6.54 Å². The fraction of sp³-hybridized carbons (Fsp3) is 0.682. The Morgan fingerprint density at radius 1 is 1.17 bits per heavy atom. The van der Waals surface area contributed by atoms with E-state index in [0.717, 1.165) is 16.7 Å². The molecule has 0 aromatic heterocycles. The molecule has 1 aromatic rings. The summed E-state index contributed by atoms with van der Waals surface area (Å²) in [5.41, 5.74) is 1.89. The zero-order chi connectivity index (χ0) is 22.1. The van der Waals surface area contributed by atoms with Crippen LogP contribution < -0.4 is 4.72 Å². The molecular formula is C22H35NO5S. The summed E-state index contributed by atoms with van der Waals surface area (Å²) in [6.45, 7) is 15.3. The first-order valence-corrected chi connectivity index (χ1v) is 11.7. The molecule has 2 rings (SSSR count). The summed E-state index contributed by atoms with van der Waals surface area (Å²) in [4.78, 5) is 12.9. The number of hydrogen-bond acceptors (Lipinski definition) is 5. The van der Waals surface area contributed by atoms with Crippen LogP contribution in [0.2, 0.25) is 0 Å². The highest BCUT2D eigenvalue weighted by molar-refractivity contribution is 7.89. The lowest BCUT2D eigenvalue weighted by Crippen LogP contribution is -2.34. The van der Waals surface area contributed by atoms with E-state index in [1.807, 2.05) is 53.7 Å². The maximum Gasteiger partial charge on any atom is 0.312 e. The van der Waals surface area contributed by atoms with Gasteiger partial charge in [-0.1, -0.05) is 31.5 Å². The Morgan fingerprint density at radius 2 is 1.72 bits per heavy atom. The van der Waals surface area contributed by atoms with Crippen molar-refractivity contribution in [3.63, 3.8) is 0 Å². The molecular weight excluding hydrogens is 390 g/mol. The van der Waals surface area contributed by atoms with Gasteiger partial charge in [0.15, 0.2) is 0 Å². The Labute approximate surface area is 175 Å². The molecule has 1 aliphatic heterocycles. The van der Waals surface area contributed by atoms with E-state index in [1.54, 1.807) is 13.8 Å². The van der Waals surface area contributed by atoms with Crippen LogP contribution in [0.25, 0.3) is 0 Å². The van der Waals surface area contributed by atoms with Gasteiger partial charge in [0, 0.05) is 6.54 Å². The predicted molar refractivity (Wildman–Crippen MR) is 113 cm³/mol. The smallest absolute Gasteiger partial charge is 0.312 e. The Morgan fingerprint density at radius 3 is 2.21 bits per heavy atom. The van der Waals surface area contributed by atoms with E-state index in [9.17, 15) is 13.2 Å². The van der Waals surface area contributed by atoms with Crippen LogP contribution in [0.4, 0.5) is 0 Å². The van der Waals surface area contributed by atoms with Crippen LogP contribution in [0.1, 0.15) is 57.7 Å². The molecule has 1 N–H and O–H groups in total. The number of esters is 1. The first-order chi connectivity index (χ1) is 13.2. The zero-order valence-corrected chi connectivity index (χ0v) is 19.6. The van der Waals surface area contributed by atoms with Gasteiger partial charge in [-0.05, 0) is 65.0 Å². The number of epoxide rings is 1. The minimum absolute atomic E-state index is 0.136. The van der Waals surface area contributed by atoms with Crippen LogP contribution in [-0.4, -0.2) is 38.7 Å². The molecule has 0 amide bonds. The van der Waals surface area contributed by atoms with E-state index in [-0.39, 0.29) is 24.7 Å². The second-order valence-electron chi connectivity index (χ2n) is 9.49. The van der Waals surface area contributed by atoms with Crippen molar-refractivity contribution in [3.05, 3.63) is 28.8 Å². The molecule has 7 heteroatoms. The van der Waals surface area contributed by atoms with E-state index in [4.69, 9.17) is 9.47 Å². The number of carbonyl (C=O) groups is 1. The highest BCUT2D eigenvalue weighted by atomic mass is 32.2. The Hall–Kier alpha value is -1.44. The topological polar surface area (TPSA) is 85.0 Å². The van der Waals surface area contributed by atoms with Gasteiger partial charge in [-0.25, -0.2) is 13.1 Å². The summed E-state index contributed by atoms with van der Waals surface area (Å²) in [6.07, 6.45) is -0.0128. The van der Waals surface area contributed by atoms with Gasteiger partial charge in [0.05, 0.1) is 23.0 Å². The van der Waals surface area contributed by atoms with E-state index in [0.29, 0.717) is 17.2 Å². The summed E-state index contributed by atoms with van der Waals surface area (Å²) in [5, 5.41) is 0. The highest BCUT2D eigenvalue weighted by Gasteiger charge is 2.49. The van der Waals surface area contributed by atoms with Crippen molar-refractivity contribution in [3.8, 4) is 0 Å². The molecule has 0 bridgehead atoms. The molecule has 3 atom stereocenters. The van der Waals surface area contributed by atoms with Crippen LogP contribution in [0.5, 0.6) is 0 Å². The molecule has 0 radical (unpaired) electrons. The number of nitrogens with one attached hydrogen (secondary N) is 1. The third-order valence-electron chi connectivity index (χ3n) is 4.80. The van der Waals surface area contributed by atoms with Gasteiger partial charge in [-0.3, -0.25) is 4.79 Å². The van der Waals surface area contributed by atoms with E-state index in [2.05, 4.69) is 4.72 Å². The maximum absolute atomic E-state index is 12.8. The van der Waals surface area contributed by atoms with Gasteiger partial charge >= 0.3 is 5.97 Å². The average molecular weight is 426 g/mol. The van der Waals surface area contributed by atoms with Gasteiger partial charge in [0.2, 0.25) is 10.0 Å². The molecule has 1 saturated heterocycles. The number of rotatable bonds is 8. The third-order valence-corrected chi connectivity index (χ3v) is 6.53. The molecule has 29 heavy (non-hydrogen) atoms. The molecule has 0 aliphatic carbocycles. The molecule has 164 valence electrons. The number of hydrogen-bond donors (Lipinski definition) is 1. The van der Waals surface area contributed by atoms with Crippen LogP contribution in [-0.2, 0) is 24.3 Å². The van der Waals surface area contributed by atoms with Crippen molar-refractivity contribution < 1.29 is 22.7 Å². The van der Waals surface area contributed by atoms with Crippen LogP contribution >= 0.6 is 0 Å². The Kier molecular flexibility index (Phi) is 7.18. The van der Waals surface area contributed by atoms with E-state index in [1.165, 1.54) is 0 Å². The summed E-state index contributed by atoms with van der Waals surface area (Å²) >= 11 is 0. The molecule has 1 fully saturated rings. The average Bonchev–Trinajstić information content (AvgIpc) is 3.26. The minimum atomic E-state index is -3.66. The number of carbonyl (C=O) groups excluding carboxylic acids is 1. The molecule has 0 unspecified atom stereocenters. The van der Waals surface area contributed by atoms with Crippen LogP contribution in [0.15, 0.2) is 17.0 Å². The molecule has 0 saturated carbocycles. The summed E-state index contributed by atoms with van der Waals surface area (Å²) in [7, 11) is -3.66. The van der Waals surface area contributed by atoms with Crippen molar-refractivity contribution in [1.29, 1.82) is 0 Å². The number of ether oxygens (including phenoxy) is 2. The second kappa shape index (κ2) is 8.74. The molecule has 1 aliphatic rings. The minimum Gasteiger partial charge on any atom is -0.460 e. The number of benzene rings is 1. The lowest BCUT2D eigenvalue weighted by Gasteiger charge is -2.24. The number of sulfonamides is 1. The van der Waals surface area contributed by atoms with Crippen LogP contribution in [0, 0.1) is 32.6 Å². The monoisotopic (exact) mass is 425 g/mol. The summed E-state index contributed by atoms with van der Waals surface area (Å²) < 4.78 is 39.6. The molecule has 1 heterocycles. The van der Waals surface area contributed by atoms with Gasteiger partial charge in [-0.15, -0.1) is 0 Å². The van der Waals surface area contributed by atoms with Gasteiger partial charge in [-0.2, -0.15) is 0 Å². The quantitative estimate of drug-likeness (QED) is 0.507. The summed E-state index contributed by atoms with van der Waals surface area (Å²) in [6, 6.07) is 3.72. The number of aryl methyl sites for hydroxylation is 3. The Bertz CT molecular complexity index is 831. The first-order valence-electron chi connectivity index (χ1n) is 10.2. The van der Waals surface area contributed by atoms with Gasteiger partial charge in [0.1, 0.15) is 5.60 Å². The predicted octanol–water partition coefficient (Wildman–Crippen LogP) is 3.66. The largest absolute Gasteiger partial charge is 0.460 e. The molecule has 0 spiro atoms. The van der Waals surface area contributed by atoms with E-state index >= 15 is 0 Å². The Balaban J connectivity index is 2.06. The van der Waals surface area contributed by atoms with Crippen molar-refractivity contribution in [2.45, 2.75) is 84.5 Å². The lowest BCUT2D eigenvalue weighted by atomic mass is 9.92. The third kappa shape index (κ3) is 6.52. The SMILES string of the molecule is Cc1cc(C)c(S(=O)(=O)NC[C@@H]2O[C@H]2[C@@H](CC(C)C)C(=O)OC(C)(C)C)c(C)c1. The first kappa shape index (κ1) is 23.8. The van der Waals surface area contributed by atoms with Crippen molar-refractivity contribution in [2.24, 2.45) is 11.8 Å². The lowest BCUT2D eigenvalue weighted by molar-refractivity contribution is -0.161. The maximum atomic E-state index is 12.8. The molecule has 6 nitrogen and oxygen atoms in total. The van der Waals surface area contributed by atoms with Gasteiger partial charge in [0.25, 0.3) is 0 Å². The van der Waals surface area contributed by atoms with Crippen molar-refractivity contribution in [1.82, 2.24) is 4.72 Å². The van der Waals surface area contributed by atoms with Crippen LogP contribution in [0.3, 0.4) is 0 Å². The summed E-state index contributed by atoms with van der Waals surface area (Å²) in [5.74, 6) is -0.384. The fourth-order valence-corrected chi connectivity index (χ4v) is 5.27. The highest BCUT2D eigenvalue weighted by Crippen LogP contribution is 2.35. The standard InChI is InChI=1S/C22H35NO5S/c1-13(2)9-17(21(24)28-22(6,7)8)19-18(27-19)12-23-29(25,26)20-15(4)10-14(3)11-16(20)5/h10-11,13,17-19,23H,9,12H2,1-8H3/t17-,18+,19+/m1/s1. The fourth-order valence-electron chi connectivity index (χ4n) is 3.78. The normalized spacial score (nSPS) is 20.6. The molecule has 1 aromatic carbocycles. The second-order valence-corrected chi connectivity index (χ2v) is 11.2. The van der Waals surface area contributed by atoms with Crippen molar-refractivity contribution >= 4 is 16.0 Å². The zero-order valence-electron chi connectivity index (χ0n) is 18.8.